The Balaban J connectivity index is -0.000000409. The molecule has 0 aliphatic rings. The van der Waals surface area contributed by atoms with Crippen LogP contribution in [0.4, 0.5) is 13.2 Å². The lowest BCUT2D eigenvalue weighted by molar-refractivity contribution is 0.234. The Labute approximate surface area is 234 Å². The molecule has 222 valence electrons. The molecule has 0 amide bonds. The Hall–Kier alpha value is -2.30. The molecule has 0 N–H and O–H groups in total. The SMILES string of the molecule is C=C(/C(=C/C)N=CC)N(Cc1cccc(C=C(F)F)c1)C(C)CC(C)C.CC.CC.CCCCCC.CF. The van der Waals surface area contributed by atoms with Crippen LogP contribution in [0.15, 0.2) is 59.4 Å². The van der Waals surface area contributed by atoms with Gasteiger partial charge in [0, 0.05) is 24.9 Å². The van der Waals surface area contributed by atoms with Crippen LogP contribution in [0.25, 0.3) is 6.08 Å². The summed E-state index contributed by atoms with van der Waals surface area (Å²) in [6.07, 6.45) is 9.43. The summed E-state index contributed by atoms with van der Waals surface area (Å²) < 4.78 is 34.6. The maximum absolute atomic E-state index is 12.6. The van der Waals surface area contributed by atoms with Gasteiger partial charge in [-0.25, -0.2) is 0 Å². The number of halogens is 3. The van der Waals surface area contributed by atoms with Gasteiger partial charge in [-0.3, -0.25) is 9.38 Å². The van der Waals surface area contributed by atoms with Gasteiger partial charge in [-0.2, -0.15) is 8.78 Å². The van der Waals surface area contributed by atoms with Crippen LogP contribution in [0, 0.1) is 5.92 Å². The van der Waals surface area contributed by atoms with Crippen molar-refractivity contribution in [1.29, 1.82) is 0 Å². The molecule has 0 fully saturated rings. The highest BCUT2D eigenvalue weighted by Crippen LogP contribution is 2.25. The molecule has 1 atom stereocenters. The van der Waals surface area contributed by atoms with Gasteiger partial charge in [-0.1, -0.05) is 112 Å². The molecule has 0 heterocycles. The molecule has 0 saturated carbocycles. The Morgan fingerprint density at radius 3 is 1.89 bits per heavy atom. The van der Waals surface area contributed by atoms with Crippen molar-refractivity contribution in [3.63, 3.8) is 0 Å². The van der Waals surface area contributed by atoms with E-state index in [0.717, 1.165) is 29.5 Å². The van der Waals surface area contributed by atoms with Crippen LogP contribution in [0.5, 0.6) is 0 Å². The summed E-state index contributed by atoms with van der Waals surface area (Å²) in [5.41, 5.74) is 3.14. The van der Waals surface area contributed by atoms with Gasteiger partial charge in [0.2, 0.25) is 0 Å². The van der Waals surface area contributed by atoms with Gasteiger partial charge in [0.05, 0.1) is 18.6 Å². The second kappa shape index (κ2) is 30.9. The second-order valence-electron chi connectivity index (χ2n) is 8.50. The van der Waals surface area contributed by atoms with Gasteiger partial charge in [0.15, 0.2) is 0 Å². The summed E-state index contributed by atoms with van der Waals surface area (Å²) in [4.78, 5) is 6.62. The monoisotopic (exact) mass is 540 g/mol. The Kier molecular flexibility index (Phi) is 34.8. The van der Waals surface area contributed by atoms with Gasteiger partial charge >= 0.3 is 0 Å². The van der Waals surface area contributed by atoms with E-state index in [2.05, 4.69) is 51.1 Å². The fraction of sp³-hybridized carbons (Fsp3) is 0.606. The van der Waals surface area contributed by atoms with Crippen LogP contribution in [-0.4, -0.2) is 24.3 Å². The quantitative estimate of drug-likeness (QED) is 0.146. The Morgan fingerprint density at radius 1 is 0.974 bits per heavy atom. The second-order valence-corrected chi connectivity index (χ2v) is 8.50. The zero-order valence-electron chi connectivity index (χ0n) is 26.7. The van der Waals surface area contributed by atoms with Gasteiger partial charge in [0.25, 0.3) is 6.08 Å². The van der Waals surface area contributed by atoms with E-state index in [9.17, 15) is 13.2 Å². The highest BCUT2D eigenvalue weighted by molar-refractivity contribution is 5.57. The molecule has 2 nitrogen and oxygen atoms in total. The number of benzene rings is 1. The van der Waals surface area contributed by atoms with Crippen molar-refractivity contribution in [2.75, 3.05) is 7.18 Å². The first-order chi connectivity index (χ1) is 18.2. The number of unbranched alkanes of at least 4 members (excludes halogenated alkanes) is 3. The van der Waals surface area contributed by atoms with E-state index < -0.39 is 6.08 Å². The number of hydrogen-bond donors (Lipinski definition) is 0. The van der Waals surface area contributed by atoms with E-state index in [1.54, 1.807) is 24.4 Å². The molecule has 1 aromatic rings. The molecular weight excluding hydrogens is 481 g/mol. The molecule has 1 aromatic carbocycles. The lowest BCUT2D eigenvalue weighted by Gasteiger charge is -2.34. The highest BCUT2D eigenvalue weighted by atomic mass is 19.3. The molecule has 1 unspecified atom stereocenters. The molecule has 38 heavy (non-hydrogen) atoms. The Bertz CT molecular complexity index is 744. The number of hydrogen-bond acceptors (Lipinski definition) is 2. The molecule has 0 aromatic heterocycles. The number of aliphatic imine (C=N–C) groups is 1. The van der Waals surface area contributed by atoms with E-state index in [4.69, 9.17) is 0 Å². The average Bonchev–Trinajstić information content (AvgIpc) is 2.92. The standard InChI is InChI=1S/C22H30F2N2.C6H14.2C2H6.CH3F/c1-7-21(25-8-2)18(6)26(17(5)12-16(3)4)15-20-11-9-10-19(13-20)14-22(23)24;1-3-5-6-4-2;3*1-2/h7-11,13-14,16-17H,6,12,15H2,1-5H3;3-6H2,1-2H3;2*1-2H3;1H3/b21-7-,25-8?;;;;. The van der Waals surface area contributed by atoms with Gasteiger partial charge in [0.1, 0.15) is 0 Å². The van der Waals surface area contributed by atoms with Crippen LogP contribution >= 0.6 is 0 Å². The van der Waals surface area contributed by atoms with Gasteiger partial charge < -0.3 is 4.90 Å². The van der Waals surface area contributed by atoms with Crippen molar-refractivity contribution in [2.45, 2.75) is 121 Å². The summed E-state index contributed by atoms with van der Waals surface area (Å²) in [5.74, 6) is 0.541. The van der Waals surface area contributed by atoms with Crippen LogP contribution in [0.1, 0.15) is 119 Å². The van der Waals surface area contributed by atoms with Gasteiger partial charge in [-0.15, -0.1) is 0 Å². The lowest BCUT2D eigenvalue weighted by Crippen LogP contribution is -2.33. The smallest absolute Gasteiger partial charge is 0.270 e. The fourth-order valence-corrected chi connectivity index (χ4v) is 3.53. The minimum atomic E-state index is -1.69. The number of allylic oxidation sites excluding steroid dienone is 1. The minimum absolute atomic E-state index is 0.251. The topological polar surface area (TPSA) is 15.6 Å². The van der Waals surface area contributed by atoms with E-state index in [1.165, 1.54) is 25.7 Å². The largest absolute Gasteiger partial charge is 0.363 e. The van der Waals surface area contributed by atoms with Crippen LogP contribution in [0.3, 0.4) is 0 Å². The van der Waals surface area contributed by atoms with Crippen molar-refractivity contribution in [3.8, 4) is 0 Å². The lowest BCUT2D eigenvalue weighted by atomic mass is 10.0. The first-order valence-electron chi connectivity index (χ1n) is 14.3. The molecule has 0 radical (unpaired) electrons. The molecule has 5 heteroatoms. The first kappa shape index (κ1) is 42.8. The van der Waals surface area contributed by atoms with Crippen molar-refractivity contribution >= 4 is 12.3 Å². The summed E-state index contributed by atoms with van der Waals surface area (Å²) in [5, 5.41) is 0. The summed E-state index contributed by atoms with van der Waals surface area (Å²) >= 11 is 0. The van der Waals surface area contributed by atoms with Crippen LogP contribution in [-0.2, 0) is 6.54 Å². The number of alkyl halides is 1. The zero-order chi connectivity index (χ0) is 30.5. The third-order valence-corrected chi connectivity index (χ3v) is 5.07. The maximum atomic E-state index is 12.6. The molecule has 0 aliphatic carbocycles. The fourth-order valence-electron chi connectivity index (χ4n) is 3.53. The maximum Gasteiger partial charge on any atom is 0.270 e. The summed E-state index contributed by atoms with van der Waals surface area (Å²) in [6.45, 7) is 27.7. The molecule has 0 aliphatic heterocycles. The minimum Gasteiger partial charge on any atom is -0.363 e. The zero-order valence-corrected chi connectivity index (χ0v) is 26.7. The van der Waals surface area contributed by atoms with Crippen molar-refractivity contribution in [1.82, 2.24) is 4.90 Å². The van der Waals surface area contributed by atoms with Crippen molar-refractivity contribution in [2.24, 2.45) is 10.9 Å². The predicted octanol–water partition coefficient (Wildman–Crippen LogP) is 11.9. The van der Waals surface area contributed by atoms with E-state index >= 15 is 0 Å². The van der Waals surface area contributed by atoms with Crippen LogP contribution in [0.2, 0.25) is 0 Å². The average molecular weight is 541 g/mol. The highest BCUT2D eigenvalue weighted by Gasteiger charge is 2.19. The molecule has 0 saturated heterocycles. The van der Waals surface area contributed by atoms with E-state index in [0.29, 0.717) is 25.2 Å². The summed E-state index contributed by atoms with van der Waals surface area (Å²) in [6, 6.07) is 7.48. The Morgan fingerprint density at radius 2 is 1.50 bits per heavy atom. The third-order valence-electron chi connectivity index (χ3n) is 5.07. The van der Waals surface area contributed by atoms with E-state index in [-0.39, 0.29) is 6.04 Å². The van der Waals surface area contributed by atoms with E-state index in [1.807, 2.05) is 53.7 Å². The third kappa shape index (κ3) is 22.9. The first-order valence-corrected chi connectivity index (χ1v) is 14.3. The predicted molar refractivity (Wildman–Crippen MR) is 168 cm³/mol. The molecular formula is C33H59F3N2. The summed E-state index contributed by atoms with van der Waals surface area (Å²) in [7, 11) is 0.500. The normalized spacial score (nSPS) is 10.9. The van der Waals surface area contributed by atoms with Gasteiger partial charge in [-0.05, 0) is 50.3 Å². The molecule has 1 rings (SSSR count). The van der Waals surface area contributed by atoms with Crippen molar-refractivity contribution in [3.05, 3.63) is 65.5 Å². The number of rotatable bonds is 12. The molecule has 0 spiro atoms. The van der Waals surface area contributed by atoms with Crippen LogP contribution < -0.4 is 0 Å². The molecule has 0 bridgehead atoms. The van der Waals surface area contributed by atoms with Crippen molar-refractivity contribution < 1.29 is 13.2 Å². The number of nitrogens with zero attached hydrogens (tertiary/aromatic N) is 2.